The molecule has 1 aliphatic heterocycles. The molecule has 2 N–H and O–H groups in total. The van der Waals surface area contributed by atoms with Crippen molar-refractivity contribution < 1.29 is 4.74 Å². The molecule has 2 fully saturated rings. The van der Waals surface area contributed by atoms with Gasteiger partial charge < -0.3 is 15.0 Å². The van der Waals surface area contributed by atoms with Gasteiger partial charge in [0.2, 0.25) is 0 Å². The Kier molecular flexibility index (Phi) is 4.83. The average Bonchev–Trinajstić information content (AvgIpc) is 3.21. The van der Waals surface area contributed by atoms with E-state index in [1.54, 1.807) is 0 Å². The molecule has 3 aromatic heterocycles. The van der Waals surface area contributed by atoms with Gasteiger partial charge in [0, 0.05) is 37.1 Å². The number of rotatable bonds is 4. The first kappa shape index (κ1) is 17.4. The Bertz CT molecular complexity index is 926. The van der Waals surface area contributed by atoms with Gasteiger partial charge in [-0.2, -0.15) is 5.10 Å². The number of fused-ring (bicyclic) bond motifs is 1. The van der Waals surface area contributed by atoms with Crippen LogP contribution in [0.4, 0.5) is 11.6 Å². The maximum absolute atomic E-state index is 5.43. The molecule has 0 bridgehead atoms. The number of H-pyrrole nitrogens is 1. The number of aromatic amines is 1. The molecule has 0 radical (unpaired) electrons. The molecule has 1 saturated carbocycles. The summed E-state index contributed by atoms with van der Waals surface area (Å²) in [6, 6.07) is 6.65. The Hall–Kier alpha value is -2.67. The minimum Gasteiger partial charge on any atom is -0.378 e. The molecule has 0 amide bonds. The fraction of sp³-hybridized carbons (Fsp3) is 0.476. The molecule has 0 aromatic carbocycles. The van der Waals surface area contributed by atoms with Crippen molar-refractivity contribution in [2.75, 3.05) is 36.5 Å². The van der Waals surface area contributed by atoms with Crippen molar-refractivity contribution in [3.63, 3.8) is 0 Å². The molecule has 146 valence electrons. The standard InChI is InChI=1S/C21H26N6O/c1-2-4-16(5-3-1)24-21-19-17(8-9-22-21)25-26-20(19)15-6-7-18(23-14-15)27-10-12-28-13-11-27/h6-9,14,16H,1-5,10-13H2,(H,22,24)(H,25,26). The summed E-state index contributed by atoms with van der Waals surface area (Å²) in [6.45, 7) is 3.29. The van der Waals surface area contributed by atoms with Crippen LogP contribution in [0, 0.1) is 0 Å². The fourth-order valence-electron chi connectivity index (χ4n) is 4.23. The lowest BCUT2D eigenvalue weighted by Gasteiger charge is -2.27. The van der Waals surface area contributed by atoms with Gasteiger partial charge in [0.15, 0.2) is 0 Å². The van der Waals surface area contributed by atoms with Gasteiger partial charge in [-0.15, -0.1) is 0 Å². The lowest BCUT2D eigenvalue weighted by molar-refractivity contribution is 0.122. The smallest absolute Gasteiger partial charge is 0.137 e. The summed E-state index contributed by atoms with van der Waals surface area (Å²) in [5, 5.41) is 12.5. The van der Waals surface area contributed by atoms with Gasteiger partial charge in [-0.25, -0.2) is 9.97 Å². The first-order valence-electron chi connectivity index (χ1n) is 10.3. The Morgan fingerprint density at radius 3 is 2.68 bits per heavy atom. The summed E-state index contributed by atoms with van der Waals surface area (Å²) in [6.07, 6.45) is 10.1. The molecule has 0 unspecified atom stereocenters. The maximum atomic E-state index is 5.43. The zero-order chi connectivity index (χ0) is 18.8. The van der Waals surface area contributed by atoms with E-state index in [9.17, 15) is 0 Å². The van der Waals surface area contributed by atoms with Crippen molar-refractivity contribution in [3.8, 4) is 11.3 Å². The molecule has 28 heavy (non-hydrogen) atoms. The highest BCUT2D eigenvalue weighted by Gasteiger charge is 2.19. The van der Waals surface area contributed by atoms with Gasteiger partial charge in [-0.05, 0) is 31.0 Å². The van der Waals surface area contributed by atoms with E-state index >= 15 is 0 Å². The lowest BCUT2D eigenvalue weighted by Crippen LogP contribution is -2.36. The monoisotopic (exact) mass is 378 g/mol. The number of morpholine rings is 1. The number of aromatic nitrogens is 4. The molecule has 0 atom stereocenters. The highest BCUT2D eigenvalue weighted by molar-refractivity contribution is 6.00. The van der Waals surface area contributed by atoms with E-state index in [1.807, 2.05) is 18.5 Å². The van der Waals surface area contributed by atoms with Crippen molar-refractivity contribution >= 4 is 22.5 Å². The summed E-state index contributed by atoms with van der Waals surface area (Å²) in [4.78, 5) is 11.6. The van der Waals surface area contributed by atoms with Crippen LogP contribution < -0.4 is 10.2 Å². The highest BCUT2D eigenvalue weighted by Crippen LogP contribution is 2.32. The van der Waals surface area contributed by atoms with Crippen LogP contribution in [0.3, 0.4) is 0 Å². The average molecular weight is 378 g/mol. The normalized spacial score (nSPS) is 18.5. The van der Waals surface area contributed by atoms with E-state index in [1.165, 1.54) is 32.1 Å². The first-order chi connectivity index (χ1) is 13.9. The second kappa shape index (κ2) is 7.75. The Morgan fingerprint density at radius 2 is 1.89 bits per heavy atom. The van der Waals surface area contributed by atoms with Gasteiger partial charge in [-0.3, -0.25) is 5.10 Å². The maximum Gasteiger partial charge on any atom is 0.137 e. The van der Waals surface area contributed by atoms with E-state index in [2.05, 4.69) is 42.5 Å². The number of ether oxygens (including phenoxy) is 1. The molecule has 3 aromatic rings. The SMILES string of the molecule is c1cc2[nH]nc(-c3ccc(N4CCOCC4)nc3)c2c(NC2CCCCC2)n1. The second-order valence-electron chi connectivity index (χ2n) is 7.64. The fourth-order valence-corrected chi connectivity index (χ4v) is 4.23. The van der Waals surface area contributed by atoms with Crippen molar-refractivity contribution in [2.45, 2.75) is 38.1 Å². The summed E-state index contributed by atoms with van der Waals surface area (Å²) < 4.78 is 5.43. The minimum absolute atomic E-state index is 0.497. The summed E-state index contributed by atoms with van der Waals surface area (Å²) >= 11 is 0. The van der Waals surface area contributed by atoms with Crippen LogP contribution in [0.5, 0.6) is 0 Å². The highest BCUT2D eigenvalue weighted by atomic mass is 16.5. The lowest BCUT2D eigenvalue weighted by atomic mass is 9.95. The van der Waals surface area contributed by atoms with Crippen molar-refractivity contribution in [2.24, 2.45) is 0 Å². The van der Waals surface area contributed by atoms with Gasteiger partial charge in [0.05, 0.1) is 24.1 Å². The van der Waals surface area contributed by atoms with Crippen LogP contribution in [-0.4, -0.2) is 52.5 Å². The van der Waals surface area contributed by atoms with Crippen LogP contribution in [0.2, 0.25) is 0 Å². The number of hydrogen-bond acceptors (Lipinski definition) is 6. The molecule has 4 heterocycles. The first-order valence-corrected chi connectivity index (χ1v) is 10.3. The summed E-state index contributed by atoms with van der Waals surface area (Å²) in [7, 11) is 0. The summed E-state index contributed by atoms with van der Waals surface area (Å²) in [5.41, 5.74) is 2.91. The van der Waals surface area contributed by atoms with Crippen molar-refractivity contribution in [3.05, 3.63) is 30.6 Å². The van der Waals surface area contributed by atoms with E-state index in [0.29, 0.717) is 6.04 Å². The molecular formula is C21H26N6O. The minimum atomic E-state index is 0.497. The quantitative estimate of drug-likeness (QED) is 0.722. The predicted octanol–water partition coefficient (Wildman–Crippen LogP) is 3.60. The number of anilines is 2. The third-order valence-corrected chi connectivity index (χ3v) is 5.78. The third-order valence-electron chi connectivity index (χ3n) is 5.78. The molecule has 1 aliphatic carbocycles. The molecule has 5 rings (SSSR count). The number of nitrogens with zero attached hydrogens (tertiary/aromatic N) is 4. The second-order valence-corrected chi connectivity index (χ2v) is 7.64. The van der Waals surface area contributed by atoms with Crippen LogP contribution in [0.1, 0.15) is 32.1 Å². The van der Waals surface area contributed by atoms with E-state index in [-0.39, 0.29) is 0 Å². The van der Waals surface area contributed by atoms with Crippen LogP contribution in [0.15, 0.2) is 30.6 Å². The van der Waals surface area contributed by atoms with Gasteiger partial charge >= 0.3 is 0 Å². The zero-order valence-electron chi connectivity index (χ0n) is 16.0. The van der Waals surface area contributed by atoms with Crippen LogP contribution in [-0.2, 0) is 4.74 Å². The van der Waals surface area contributed by atoms with E-state index in [4.69, 9.17) is 4.74 Å². The molecule has 7 heteroatoms. The summed E-state index contributed by atoms with van der Waals surface area (Å²) in [5.74, 6) is 1.91. The Morgan fingerprint density at radius 1 is 1.04 bits per heavy atom. The van der Waals surface area contributed by atoms with Crippen LogP contribution in [0.25, 0.3) is 22.2 Å². The van der Waals surface area contributed by atoms with Crippen molar-refractivity contribution in [1.29, 1.82) is 0 Å². The molecule has 0 spiro atoms. The Labute approximate surface area is 164 Å². The zero-order valence-corrected chi connectivity index (χ0v) is 16.0. The topological polar surface area (TPSA) is 79.0 Å². The number of pyridine rings is 2. The molecule has 2 aliphatic rings. The Balaban J connectivity index is 1.45. The van der Waals surface area contributed by atoms with Gasteiger partial charge in [-0.1, -0.05) is 19.3 Å². The third kappa shape index (κ3) is 3.42. The molecular weight excluding hydrogens is 352 g/mol. The van der Waals surface area contributed by atoms with Gasteiger partial charge in [0.1, 0.15) is 17.3 Å². The molecule has 7 nitrogen and oxygen atoms in total. The number of nitrogens with one attached hydrogen (secondary N) is 2. The van der Waals surface area contributed by atoms with Gasteiger partial charge in [0.25, 0.3) is 0 Å². The molecule has 1 saturated heterocycles. The van der Waals surface area contributed by atoms with Crippen LogP contribution >= 0.6 is 0 Å². The largest absolute Gasteiger partial charge is 0.378 e. The van der Waals surface area contributed by atoms with E-state index in [0.717, 1.165) is 60.1 Å². The predicted molar refractivity (Wildman–Crippen MR) is 111 cm³/mol. The van der Waals surface area contributed by atoms with Crippen molar-refractivity contribution in [1.82, 2.24) is 20.2 Å². The van der Waals surface area contributed by atoms with E-state index < -0.39 is 0 Å². The number of hydrogen-bond donors (Lipinski definition) is 2.